The molecule has 0 bridgehead atoms. The van der Waals surface area contributed by atoms with Crippen LogP contribution in [0.3, 0.4) is 0 Å². The van der Waals surface area contributed by atoms with Crippen molar-refractivity contribution in [3.05, 3.63) is 90.0 Å². The quantitative estimate of drug-likeness (QED) is 0.546. The lowest BCUT2D eigenvalue weighted by Crippen LogP contribution is -2.14. The molecule has 0 saturated carbocycles. The Morgan fingerprint density at radius 2 is 1.45 bits per heavy atom. The topological polar surface area (TPSA) is 75.3 Å². The summed E-state index contributed by atoms with van der Waals surface area (Å²) in [5.74, 6) is -0.247. The molecule has 0 aliphatic carbocycles. The van der Waals surface area contributed by atoms with Crippen LogP contribution in [0.1, 0.15) is 35.7 Å². The van der Waals surface area contributed by atoms with Gasteiger partial charge in [0.25, 0.3) is 15.9 Å². The molecule has 5 nitrogen and oxygen atoms in total. The van der Waals surface area contributed by atoms with E-state index < -0.39 is 10.0 Å². The number of hydrogen-bond donors (Lipinski definition) is 2. The van der Waals surface area contributed by atoms with Crippen LogP contribution < -0.4 is 10.0 Å². The van der Waals surface area contributed by atoms with E-state index in [0.29, 0.717) is 11.3 Å². The lowest BCUT2D eigenvalue weighted by atomic mass is 10.1. The minimum atomic E-state index is -3.66. The third kappa shape index (κ3) is 5.68. The zero-order chi connectivity index (χ0) is 20.7. The number of aryl methyl sites for hydroxylation is 1. The van der Waals surface area contributed by atoms with Crippen LogP contribution in [-0.2, 0) is 16.4 Å². The molecule has 0 unspecified atom stereocenters. The van der Waals surface area contributed by atoms with Crippen LogP contribution in [0.25, 0.3) is 0 Å². The molecule has 0 fully saturated rings. The maximum absolute atomic E-state index is 12.4. The summed E-state index contributed by atoms with van der Waals surface area (Å²) in [5.41, 5.74) is 2.82. The van der Waals surface area contributed by atoms with Gasteiger partial charge < -0.3 is 5.32 Å². The minimum Gasteiger partial charge on any atom is -0.322 e. The molecule has 0 aliphatic heterocycles. The van der Waals surface area contributed by atoms with E-state index in [9.17, 15) is 13.2 Å². The van der Waals surface area contributed by atoms with Crippen molar-refractivity contribution in [1.29, 1.82) is 0 Å². The summed E-state index contributed by atoms with van der Waals surface area (Å²) in [6, 6.07) is 22.3. The van der Waals surface area contributed by atoms with E-state index in [1.54, 1.807) is 42.5 Å². The molecule has 0 aliphatic rings. The molecule has 0 aromatic heterocycles. The standard InChI is InChI=1S/C23H24N2O3S/c1-2-3-7-18-10-14-20(15-11-18)24-23(26)19-12-16-21(17-13-19)25-29(27,28)22-8-5-4-6-9-22/h4-6,8-17,25H,2-3,7H2,1H3,(H,24,26). The summed E-state index contributed by atoms with van der Waals surface area (Å²) >= 11 is 0. The van der Waals surface area contributed by atoms with E-state index in [-0.39, 0.29) is 10.8 Å². The highest BCUT2D eigenvalue weighted by Crippen LogP contribution is 2.18. The number of amides is 1. The molecule has 0 saturated heterocycles. The number of anilines is 2. The van der Waals surface area contributed by atoms with Crippen molar-refractivity contribution < 1.29 is 13.2 Å². The lowest BCUT2D eigenvalue weighted by molar-refractivity contribution is 0.102. The first-order chi connectivity index (χ1) is 14.0. The highest BCUT2D eigenvalue weighted by Gasteiger charge is 2.14. The predicted molar refractivity (Wildman–Crippen MR) is 117 cm³/mol. The summed E-state index contributed by atoms with van der Waals surface area (Å²) < 4.78 is 27.2. The summed E-state index contributed by atoms with van der Waals surface area (Å²) in [6.45, 7) is 2.16. The number of carbonyl (C=O) groups excluding carboxylic acids is 1. The average molecular weight is 409 g/mol. The van der Waals surface area contributed by atoms with Crippen molar-refractivity contribution in [3.63, 3.8) is 0 Å². The zero-order valence-electron chi connectivity index (χ0n) is 16.3. The van der Waals surface area contributed by atoms with Gasteiger partial charge in [-0.2, -0.15) is 0 Å². The number of sulfonamides is 1. The first-order valence-corrected chi connectivity index (χ1v) is 11.0. The van der Waals surface area contributed by atoms with Crippen LogP contribution in [0, 0.1) is 0 Å². The number of unbranched alkanes of at least 4 members (excludes halogenated alkanes) is 1. The van der Waals surface area contributed by atoms with Gasteiger partial charge in [0.15, 0.2) is 0 Å². The van der Waals surface area contributed by atoms with Crippen molar-refractivity contribution in [1.82, 2.24) is 0 Å². The van der Waals surface area contributed by atoms with Crippen molar-refractivity contribution in [2.75, 3.05) is 10.0 Å². The highest BCUT2D eigenvalue weighted by molar-refractivity contribution is 7.92. The predicted octanol–water partition coefficient (Wildman–Crippen LogP) is 5.08. The van der Waals surface area contributed by atoms with Crippen molar-refractivity contribution in [2.45, 2.75) is 31.1 Å². The molecule has 0 spiro atoms. The maximum Gasteiger partial charge on any atom is 0.261 e. The van der Waals surface area contributed by atoms with E-state index in [1.165, 1.54) is 17.7 Å². The van der Waals surface area contributed by atoms with Gasteiger partial charge in [-0.25, -0.2) is 8.42 Å². The second-order valence-electron chi connectivity index (χ2n) is 6.75. The molecular formula is C23H24N2O3S. The van der Waals surface area contributed by atoms with Crippen LogP contribution >= 0.6 is 0 Å². The molecular weight excluding hydrogens is 384 g/mol. The summed E-state index contributed by atoms with van der Waals surface area (Å²) in [4.78, 5) is 12.6. The monoisotopic (exact) mass is 408 g/mol. The van der Waals surface area contributed by atoms with Gasteiger partial charge in [0.2, 0.25) is 0 Å². The lowest BCUT2D eigenvalue weighted by Gasteiger charge is -2.09. The zero-order valence-corrected chi connectivity index (χ0v) is 17.1. The molecule has 29 heavy (non-hydrogen) atoms. The van der Waals surface area contributed by atoms with Crippen molar-refractivity contribution >= 4 is 27.3 Å². The molecule has 150 valence electrons. The fourth-order valence-electron chi connectivity index (χ4n) is 2.84. The SMILES string of the molecule is CCCCc1ccc(NC(=O)c2ccc(NS(=O)(=O)c3ccccc3)cc2)cc1. The summed E-state index contributed by atoms with van der Waals surface area (Å²) in [6.07, 6.45) is 3.33. The third-order valence-corrected chi connectivity index (χ3v) is 5.88. The van der Waals surface area contributed by atoms with Crippen LogP contribution in [0.15, 0.2) is 83.8 Å². The van der Waals surface area contributed by atoms with Gasteiger partial charge in [-0.1, -0.05) is 43.7 Å². The van der Waals surface area contributed by atoms with E-state index in [1.807, 2.05) is 24.3 Å². The van der Waals surface area contributed by atoms with Gasteiger partial charge in [-0.05, 0) is 66.9 Å². The average Bonchev–Trinajstić information content (AvgIpc) is 2.74. The maximum atomic E-state index is 12.4. The van der Waals surface area contributed by atoms with Gasteiger partial charge in [0.05, 0.1) is 4.90 Å². The van der Waals surface area contributed by atoms with Crippen LogP contribution in [0.2, 0.25) is 0 Å². The smallest absolute Gasteiger partial charge is 0.261 e. The second kappa shape index (κ2) is 9.39. The largest absolute Gasteiger partial charge is 0.322 e. The van der Waals surface area contributed by atoms with Gasteiger partial charge in [0.1, 0.15) is 0 Å². The number of hydrogen-bond acceptors (Lipinski definition) is 3. The van der Waals surface area contributed by atoms with Crippen LogP contribution in [-0.4, -0.2) is 14.3 Å². The Hall–Kier alpha value is -3.12. The molecule has 0 atom stereocenters. The Morgan fingerprint density at radius 1 is 0.828 bits per heavy atom. The number of rotatable bonds is 8. The molecule has 3 aromatic carbocycles. The molecule has 6 heteroatoms. The van der Waals surface area contributed by atoms with E-state index >= 15 is 0 Å². The third-order valence-electron chi connectivity index (χ3n) is 4.48. The van der Waals surface area contributed by atoms with Crippen molar-refractivity contribution in [3.8, 4) is 0 Å². The molecule has 0 heterocycles. The van der Waals surface area contributed by atoms with E-state index in [2.05, 4.69) is 17.0 Å². The Morgan fingerprint density at radius 3 is 2.07 bits per heavy atom. The van der Waals surface area contributed by atoms with Gasteiger partial charge in [-0.15, -0.1) is 0 Å². The van der Waals surface area contributed by atoms with Crippen LogP contribution in [0.4, 0.5) is 11.4 Å². The number of benzene rings is 3. The van der Waals surface area contributed by atoms with Gasteiger partial charge in [0, 0.05) is 16.9 Å². The van der Waals surface area contributed by atoms with Gasteiger partial charge in [-0.3, -0.25) is 9.52 Å². The van der Waals surface area contributed by atoms with Crippen LogP contribution in [0.5, 0.6) is 0 Å². The summed E-state index contributed by atoms with van der Waals surface area (Å²) in [5, 5.41) is 2.86. The molecule has 3 aromatic rings. The molecule has 3 rings (SSSR count). The minimum absolute atomic E-state index is 0.184. The number of nitrogens with one attached hydrogen (secondary N) is 2. The van der Waals surface area contributed by atoms with Crippen molar-refractivity contribution in [2.24, 2.45) is 0 Å². The Bertz CT molecular complexity index is 1050. The number of carbonyl (C=O) groups is 1. The normalized spacial score (nSPS) is 11.1. The first-order valence-electron chi connectivity index (χ1n) is 9.56. The molecule has 2 N–H and O–H groups in total. The molecule has 0 radical (unpaired) electrons. The fraction of sp³-hybridized carbons (Fsp3) is 0.174. The summed E-state index contributed by atoms with van der Waals surface area (Å²) in [7, 11) is -3.66. The fourth-order valence-corrected chi connectivity index (χ4v) is 3.92. The highest BCUT2D eigenvalue weighted by atomic mass is 32.2. The molecule has 1 amide bonds. The van der Waals surface area contributed by atoms with Gasteiger partial charge >= 0.3 is 0 Å². The van der Waals surface area contributed by atoms with E-state index in [4.69, 9.17) is 0 Å². The Kier molecular flexibility index (Phi) is 6.67. The Labute approximate surface area is 171 Å². The Balaban J connectivity index is 1.63. The second-order valence-corrected chi connectivity index (χ2v) is 8.43. The van der Waals surface area contributed by atoms with E-state index in [0.717, 1.165) is 24.9 Å². The first kappa shape index (κ1) is 20.6.